The molecule has 0 heterocycles. The molecule has 1 aromatic carbocycles. The maximum Gasteiger partial charge on any atom is 0.307 e. The van der Waals surface area contributed by atoms with Crippen LogP contribution in [0.25, 0.3) is 0 Å². The van der Waals surface area contributed by atoms with Gasteiger partial charge in [-0.25, -0.2) is 0 Å². The Labute approximate surface area is 126 Å². The average Bonchev–Trinajstić information content (AvgIpc) is 2.40. The van der Waals surface area contributed by atoms with Crippen molar-refractivity contribution in [2.75, 3.05) is 13.2 Å². The molecule has 1 aromatic rings. The molecule has 1 rings (SSSR count). The van der Waals surface area contributed by atoms with Crippen LogP contribution in [-0.2, 0) is 16.0 Å². The van der Waals surface area contributed by atoms with Crippen LogP contribution in [0.5, 0.6) is 0 Å². The number of esters is 1. The maximum absolute atomic E-state index is 11.6. The number of aryl methyl sites for hydroxylation is 1. The van der Waals surface area contributed by atoms with Gasteiger partial charge in [-0.1, -0.05) is 29.8 Å². The van der Waals surface area contributed by atoms with Crippen LogP contribution in [0.2, 0.25) is 5.02 Å². The first kappa shape index (κ1) is 16.7. The average molecular weight is 296 g/mol. The minimum absolute atomic E-state index is 0.0348. The predicted octanol–water partition coefficient (Wildman–Crippen LogP) is 3.29. The maximum atomic E-state index is 11.6. The van der Waals surface area contributed by atoms with Gasteiger partial charge in [-0.15, -0.1) is 6.58 Å². The molecule has 0 fully saturated rings. The van der Waals surface area contributed by atoms with Crippen molar-refractivity contribution in [3.8, 4) is 0 Å². The lowest BCUT2D eigenvalue weighted by Gasteiger charge is -2.17. The highest BCUT2D eigenvalue weighted by Crippen LogP contribution is 2.17. The second-order valence-electron chi connectivity index (χ2n) is 4.69. The Kier molecular flexibility index (Phi) is 7.34. The van der Waals surface area contributed by atoms with Gasteiger partial charge in [-0.3, -0.25) is 4.79 Å². The summed E-state index contributed by atoms with van der Waals surface area (Å²) in [5, 5.41) is 4.05. The topological polar surface area (TPSA) is 38.3 Å². The lowest BCUT2D eigenvalue weighted by atomic mass is 10.0. The number of halogens is 1. The summed E-state index contributed by atoms with van der Waals surface area (Å²) >= 11 is 6.02. The molecule has 0 amide bonds. The Bertz CT molecular complexity index is 460. The number of hydrogen-bond donors (Lipinski definition) is 1. The molecule has 0 aliphatic rings. The van der Waals surface area contributed by atoms with Crippen molar-refractivity contribution in [1.29, 1.82) is 0 Å². The van der Waals surface area contributed by atoms with Gasteiger partial charge in [0.2, 0.25) is 0 Å². The number of ether oxygens (including phenoxy) is 1. The van der Waals surface area contributed by atoms with E-state index >= 15 is 0 Å². The van der Waals surface area contributed by atoms with Crippen molar-refractivity contribution in [2.45, 2.75) is 32.7 Å². The summed E-state index contributed by atoms with van der Waals surface area (Å²) in [5.74, 6) is -0.181. The molecule has 0 bridgehead atoms. The first-order valence-electron chi connectivity index (χ1n) is 6.81. The normalized spacial score (nSPS) is 11.9. The van der Waals surface area contributed by atoms with E-state index in [1.54, 1.807) is 6.08 Å². The van der Waals surface area contributed by atoms with E-state index in [4.69, 9.17) is 16.3 Å². The van der Waals surface area contributed by atoms with E-state index in [9.17, 15) is 4.79 Å². The van der Waals surface area contributed by atoms with Gasteiger partial charge in [-0.2, -0.15) is 0 Å². The summed E-state index contributed by atoms with van der Waals surface area (Å²) in [5.41, 5.74) is 2.19. The van der Waals surface area contributed by atoms with Gasteiger partial charge in [0.25, 0.3) is 0 Å². The summed E-state index contributed by atoms with van der Waals surface area (Å²) in [6.07, 6.45) is 2.89. The number of carbonyl (C=O) groups is 1. The highest BCUT2D eigenvalue weighted by molar-refractivity contribution is 6.31. The van der Waals surface area contributed by atoms with E-state index in [-0.39, 0.29) is 12.0 Å². The molecular formula is C16H22ClNO2. The molecule has 1 unspecified atom stereocenters. The SMILES string of the molecule is C=CCNC(CC(=O)OCC)Cc1ccc(Cl)c(C)c1. The van der Waals surface area contributed by atoms with Crippen LogP contribution in [0.15, 0.2) is 30.9 Å². The monoisotopic (exact) mass is 295 g/mol. The quantitative estimate of drug-likeness (QED) is 0.591. The van der Waals surface area contributed by atoms with E-state index in [1.165, 1.54) is 0 Å². The minimum atomic E-state index is -0.181. The number of carbonyl (C=O) groups excluding carboxylic acids is 1. The smallest absolute Gasteiger partial charge is 0.307 e. The van der Waals surface area contributed by atoms with Gasteiger partial charge in [0.1, 0.15) is 0 Å². The molecule has 0 aromatic heterocycles. The third-order valence-corrected chi connectivity index (χ3v) is 3.40. The van der Waals surface area contributed by atoms with E-state index in [0.717, 1.165) is 22.6 Å². The molecule has 3 nitrogen and oxygen atoms in total. The molecule has 1 N–H and O–H groups in total. The molecular weight excluding hydrogens is 274 g/mol. The van der Waals surface area contributed by atoms with E-state index in [2.05, 4.69) is 18.0 Å². The summed E-state index contributed by atoms with van der Waals surface area (Å²) in [7, 11) is 0. The van der Waals surface area contributed by atoms with Crippen LogP contribution in [0, 0.1) is 6.92 Å². The third kappa shape index (κ3) is 5.76. The number of hydrogen-bond acceptors (Lipinski definition) is 3. The van der Waals surface area contributed by atoms with Crippen molar-refractivity contribution >= 4 is 17.6 Å². The van der Waals surface area contributed by atoms with Gasteiger partial charge in [0.15, 0.2) is 0 Å². The van der Waals surface area contributed by atoms with Gasteiger partial charge in [0.05, 0.1) is 13.0 Å². The highest BCUT2D eigenvalue weighted by atomic mass is 35.5. The summed E-state index contributed by atoms with van der Waals surface area (Å²) < 4.78 is 5.01. The predicted molar refractivity (Wildman–Crippen MR) is 83.1 cm³/mol. The van der Waals surface area contributed by atoms with E-state index in [0.29, 0.717) is 19.6 Å². The van der Waals surface area contributed by atoms with Gasteiger partial charge >= 0.3 is 5.97 Å². The molecule has 4 heteroatoms. The van der Waals surface area contributed by atoms with E-state index in [1.807, 2.05) is 26.0 Å². The summed E-state index contributed by atoms with van der Waals surface area (Å²) in [4.78, 5) is 11.6. The second-order valence-corrected chi connectivity index (χ2v) is 5.10. The highest BCUT2D eigenvalue weighted by Gasteiger charge is 2.14. The number of benzene rings is 1. The Morgan fingerprint density at radius 3 is 2.90 bits per heavy atom. The number of rotatable bonds is 8. The molecule has 0 radical (unpaired) electrons. The van der Waals surface area contributed by atoms with Crippen molar-refractivity contribution in [2.24, 2.45) is 0 Å². The Morgan fingerprint density at radius 2 is 2.30 bits per heavy atom. The molecule has 0 spiro atoms. The zero-order valence-electron chi connectivity index (χ0n) is 12.1. The largest absolute Gasteiger partial charge is 0.466 e. The van der Waals surface area contributed by atoms with Crippen LogP contribution in [0.1, 0.15) is 24.5 Å². The molecule has 110 valence electrons. The van der Waals surface area contributed by atoms with E-state index < -0.39 is 0 Å². The van der Waals surface area contributed by atoms with Crippen LogP contribution >= 0.6 is 11.6 Å². The first-order chi connectivity index (χ1) is 9.56. The van der Waals surface area contributed by atoms with Crippen LogP contribution in [0.4, 0.5) is 0 Å². The van der Waals surface area contributed by atoms with Gasteiger partial charge in [-0.05, 0) is 37.5 Å². The Morgan fingerprint density at radius 1 is 1.55 bits per heavy atom. The molecule has 0 aliphatic carbocycles. The zero-order valence-corrected chi connectivity index (χ0v) is 12.9. The summed E-state index contributed by atoms with van der Waals surface area (Å²) in [6, 6.07) is 5.97. The summed E-state index contributed by atoms with van der Waals surface area (Å²) in [6.45, 7) is 8.55. The standard InChI is InChI=1S/C16H22ClNO2/c1-4-8-18-14(11-16(19)20-5-2)10-13-6-7-15(17)12(3)9-13/h4,6-7,9,14,18H,1,5,8,10-11H2,2-3H3. The van der Waals surface area contributed by atoms with Gasteiger partial charge in [0, 0.05) is 17.6 Å². The fourth-order valence-corrected chi connectivity index (χ4v) is 2.12. The van der Waals surface area contributed by atoms with Crippen LogP contribution < -0.4 is 5.32 Å². The lowest BCUT2D eigenvalue weighted by Crippen LogP contribution is -2.34. The van der Waals surface area contributed by atoms with Crippen molar-refractivity contribution < 1.29 is 9.53 Å². The second kappa shape index (κ2) is 8.77. The van der Waals surface area contributed by atoms with Crippen LogP contribution in [0.3, 0.4) is 0 Å². The Hall–Kier alpha value is -1.32. The number of nitrogens with one attached hydrogen (secondary N) is 1. The van der Waals surface area contributed by atoms with Crippen molar-refractivity contribution in [3.05, 3.63) is 47.0 Å². The fourth-order valence-electron chi connectivity index (χ4n) is 2.01. The van der Waals surface area contributed by atoms with Crippen molar-refractivity contribution in [3.63, 3.8) is 0 Å². The third-order valence-electron chi connectivity index (χ3n) is 2.97. The van der Waals surface area contributed by atoms with Crippen molar-refractivity contribution in [1.82, 2.24) is 5.32 Å². The molecule has 20 heavy (non-hydrogen) atoms. The zero-order chi connectivity index (χ0) is 15.0. The fraction of sp³-hybridized carbons (Fsp3) is 0.438. The van der Waals surface area contributed by atoms with Gasteiger partial charge < -0.3 is 10.1 Å². The van der Waals surface area contributed by atoms with Crippen LogP contribution in [-0.4, -0.2) is 25.2 Å². The molecule has 1 atom stereocenters. The minimum Gasteiger partial charge on any atom is -0.466 e. The Balaban J connectivity index is 2.69. The molecule has 0 saturated carbocycles. The lowest BCUT2D eigenvalue weighted by molar-refractivity contribution is -0.143. The first-order valence-corrected chi connectivity index (χ1v) is 7.19. The molecule has 0 saturated heterocycles. The molecule has 0 aliphatic heterocycles.